The van der Waals surface area contributed by atoms with E-state index in [0.29, 0.717) is 24.4 Å². The van der Waals surface area contributed by atoms with Crippen molar-refractivity contribution in [3.05, 3.63) is 0 Å². The second-order valence-corrected chi connectivity index (χ2v) is 8.14. The van der Waals surface area contributed by atoms with E-state index in [1.165, 1.54) is 25.7 Å². The quantitative estimate of drug-likeness (QED) is 0.829. The summed E-state index contributed by atoms with van der Waals surface area (Å²) in [6.07, 6.45) is 8.46. The Morgan fingerprint density at radius 1 is 0.957 bits per heavy atom. The van der Waals surface area contributed by atoms with Crippen molar-refractivity contribution in [1.82, 2.24) is 15.1 Å². The fraction of sp³-hybridized carbons (Fsp3) is 0.889. The Hall–Kier alpha value is -1.10. The third kappa shape index (κ3) is 3.70. The number of rotatable bonds is 5. The molecule has 0 aromatic heterocycles. The van der Waals surface area contributed by atoms with Crippen molar-refractivity contribution in [2.24, 2.45) is 17.8 Å². The molecule has 3 saturated carbocycles. The van der Waals surface area contributed by atoms with Gasteiger partial charge in [0.2, 0.25) is 11.8 Å². The highest BCUT2D eigenvalue weighted by Crippen LogP contribution is 2.49. The maximum absolute atomic E-state index is 12.5. The highest BCUT2D eigenvalue weighted by atomic mass is 16.2. The number of hydrogen-bond acceptors (Lipinski definition) is 3. The highest BCUT2D eigenvalue weighted by Gasteiger charge is 2.40. The fourth-order valence-corrected chi connectivity index (χ4v) is 4.84. The molecule has 0 radical (unpaired) electrons. The van der Waals surface area contributed by atoms with Gasteiger partial charge in [0.15, 0.2) is 0 Å². The molecule has 2 bridgehead atoms. The predicted molar refractivity (Wildman–Crippen MR) is 87.7 cm³/mol. The van der Waals surface area contributed by atoms with Crippen molar-refractivity contribution in [1.29, 1.82) is 0 Å². The smallest absolute Gasteiger partial charge is 0.234 e. The number of nitrogens with zero attached hydrogens (tertiary/aromatic N) is 2. The van der Waals surface area contributed by atoms with E-state index in [9.17, 15) is 9.59 Å². The maximum Gasteiger partial charge on any atom is 0.234 e. The summed E-state index contributed by atoms with van der Waals surface area (Å²) in [5.74, 6) is 2.90. The zero-order valence-electron chi connectivity index (χ0n) is 14.0. The van der Waals surface area contributed by atoms with E-state index in [4.69, 9.17) is 0 Å². The van der Waals surface area contributed by atoms with Crippen LogP contribution in [0.1, 0.15) is 44.9 Å². The van der Waals surface area contributed by atoms with Crippen molar-refractivity contribution in [3.8, 4) is 0 Å². The molecule has 5 heteroatoms. The Bertz CT molecular complexity index is 469. The van der Waals surface area contributed by atoms with E-state index < -0.39 is 0 Å². The average molecular weight is 319 g/mol. The average Bonchev–Trinajstić information content (AvgIpc) is 3.10. The fourth-order valence-electron chi connectivity index (χ4n) is 4.84. The molecule has 128 valence electrons. The molecule has 5 nitrogen and oxygen atoms in total. The van der Waals surface area contributed by atoms with Crippen LogP contribution >= 0.6 is 0 Å². The summed E-state index contributed by atoms with van der Waals surface area (Å²) in [6.45, 7) is 3.73. The van der Waals surface area contributed by atoms with Crippen LogP contribution in [0.4, 0.5) is 0 Å². The van der Waals surface area contributed by atoms with Gasteiger partial charge in [-0.2, -0.15) is 0 Å². The van der Waals surface area contributed by atoms with Crippen LogP contribution in [0.3, 0.4) is 0 Å². The third-order valence-corrected chi connectivity index (χ3v) is 6.36. The van der Waals surface area contributed by atoms with E-state index in [0.717, 1.165) is 57.3 Å². The number of hydrogen-bond donors (Lipinski definition) is 1. The van der Waals surface area contributed by atoms with Gasteiger partial charge in [0.05, 0.1) is 6.54 Å². The summed E-state index contributed by atoms with van der Waals surface area (Å²) in [5, 5.41) is 3.04. The summed E-state index contributed by atoms with van der Waals surface area (Å²) in [5.41, 5.74) is 0. The van der Waals surface area contributed by atoms with Crippen molar-refractivity contribution in [2.75, 3.05) is 32.7 Å². The van der Waals surface area contributed by atoms with E-state index in [2.05, 4.69) is 10.2 Å². The molecule has 1 N–H and O–H groups in total. The van der Waals surface area contributed by atoms with Crippen LogP contribution in [0.5, 0.6) is 0 Å². The van der Waals surface area contributed by atoms with Gasteiger partial charge in [-0.25, -0.2) is 0 Å². The summed E-state index contributed by atoms with van der Waals surface area (Å²) in [7, 11) is 0. The van der Waals surface area contributed by atoms with Gasteiger partial charge in [0, 0.05) is 38.6 Å². The molecular weight excluding hydrogens is 290 g/mol. The van der Waals surface area contributed by atoms with Gasteiger partial charge >= 0.3 is 0 Å². The molecule has 3 aliphatic carbocycles. The second kappa shape index (κ2) is 6.42. The first-order valence-electron chi connectivity index (χ1n) is 9.47. The van der Waals surface area contributed by atoms with E-state index in [1.54, 1.807) is 0 Å². The van der Waals surface area contributed by atoms with Gasteiger partial charge in [0.25, 0.3) is 0 Å². The van der Waals surface area contributed by atoms with Crippen LogP contribution in [0, 0.1) is 17.8 Å². The van der Waals surface area contributed by atoms with Gasteiger partial charge in [-0.05, 0) is 49.9 Å². The normalized spacial score (nSPS) is 33.9. The first-order valence-corrected chi connectivity index (χ1v) is 9.47. The second-order valence-electron chi connectivity index (χ2n) is 8.14. The number of carbonyl (C=O) groups is 2. The van der Waals surface area contributed by atoms with Crippen LogP contribution in [0.2, 0.25) is 0 Å². The minimum atomic E-state index is 0.147. The van der Waals surface area contributed by atoms with Crippen molar-refractivity contribution < 1.29 is 9.59 Å². The number of piperazine rings is 1. The topological polar surface area (TPSA) is 52.7 Å². The molecule has 4 aliphatic rings. The van der Waals surface area contributed by atoms with Crippen LogP contribution in [0.25, 0.3) is 0 Å². The summed E-state index contributed by atoms with van der Waals surface area (Å²) in [6, 6.07) is 0.437. The minimum absolute atomic E-state index is 0.147. The number of amides is 2. The van der Waals surface area contributed by atoms with Gasteiger partial charge < -0.3 is 10.2 Å². The monoisotopic (exact) mass is 319 g/mol. The number of fused-ring (bicyclic) bond motifs is 2. The number of carbonyl (C=O) groups excluding carboxylic acids is 2. The van der Waals surface area contributed by atoms with Gasteiger partial charge in [-0.3, -0.25) is 14.5 Å². The Kier molecular flexibility index (Phi) is 4.31. The molecule has 4 rings (SSSR count). The lowest BCUT2D eigenvalue weighted by Crippen LogP contribution is -2.51. The zero-order valence-corrected chi connectivity index (χ0v) is 14.0. The molecule has 3 atom stereocenters. The molecule has 3 unspecified atom stereocenters. The molecule has 0 aromatic carbocycles. The Morgan fingerprint density at radius 3 is 2.35 bits per heavy atom. The van der Waals surface area contributed by atoms with E-state index >= 15 is 0 Å². The van der Waals surface area contributed by atoms with Gasteiger partial charge in [-0.15, -0.1) is 0 Å². The molecular formula is C18H29N3O2. The lowest BCUT2D eigenvalue weighted by Gasteiger charge is -2.35. The molecule has 0 aromatic rings. The van der Waals surface area contributed by atoms with Crippen molar-refractivity contribution in [2.45, 2.75) is 51.0 Å². The predicted octanol–water partition coefficient (Wildman–Crippen LogP) is 1.24. The Balaban J connectivity index is 1.18. The van der Waals surface area contributed by atoms with Crippen LogP contribution in [-0.4, -0.2) is 60.4 Å². The molecule has 1 aliphatic heterocycles. The Morgan fingerprint density at radius 2 is 1.74 bits per heavy atom. The minimum Gasteiger partial charge on any atom is -0.352 e. The van der Waals surface area contributed by atoms with E-state index in [-0.39, 0.29) is 5.91 Å². The zero-order chi connectivity index (χ0) is 15.8. The summed E-state index contributed by atoms with van der Waals surface area (Å²) < 4.78 is 0. The summed E-state index contributed by atoms with van der Waals surface area (Å²) >= 11 is 0. The largest absolute Gasteiger partial charge is 0.352 e. The van der Waals surface area contributed by atoms with Crippen LogP contribution in [0.15, 0.2) is 0 Å². The molecule has 1 heterocycles. The molecule has 0 spiro atoms. The highest BCUT2D eigenvalue weighted by molar-refractivity contribution is 5.79. The van der Waals surface area contributed by atoms with Gasteiger partial charge in [-0.1, -0.05) is 6.42 Å². The number of nitrogens with one attached hydrogen (secondary N) is 1. The molecule has 4 fully saturated rings. The lowest BCUT2D eigenvalue weighted by molar-refractivity contribution is -0.134. The lowest BCUT2D eigenvalue weighted by atomic mass is 9.86. The molecule has 1 saturated heterocycles. The van der Waals surface area contributed by atoms with Crippen molar-refractivity contribution >= 4 is 11.8 Å². The molecule has 2 amide bonds. The standard InChI is InChI=1S/C18H29N3O2/c22-17(19-16-3-4-16)12-20-5-7-21(8-6-20)18(23)11-15-10-13-1-2-14(15)9-13/h13-16H,1-12H2,(H,19,22). The van der Waals surface area contributed by atoms with Crippen LogP contribution < -0.4 is 5.32 Å². The third-order valence-electron chi connectivity index (χ3n) is 6.36. The first kappa shape index (κ1) is 15.4. The Labute approximate surface area is 138 Å². The van der Waals surface area contributed by atoms with E-state index in [1.807, 2.05) is 4.90 Å². The first-order chi connectivity index (χ1) is 11.2. The molecule has 23 heavy (non-hydrogen) atoms. The van der Waals surface area contributed by atoms with Crippen LogP contribution in [-0.2, 0) is 9.59 Å². The SMILES string of the molecule is O=C(CN1CCN(C(=O)CC2CC3CCC2C3)CC1)NC1CC1. The van der Waals surface area contributed by atoms with Gasteiger partial charge in [0.1, 0.15) is 0 Å². The maximum atomic E-state index is 12.5. The van der Waals surface area contributed by atoms with Crippen molar-refractivity contribution in [3.63, 3.8) is 0 Å². The summed E-state index contributed by atoms with van der Waals surface area (Å²) in [4.78, 5) is 28.6.